The summed E-state index contributed by atoms with van der Waals surface area (Å²) in [4.78, 5) is 22.5. The Kier molecular flexibility index (Phi) is 2.64. The third-order valence-corrected chi connectivity index (χ3v) is 2.42. The molecule has 0 spiro atoms. The molecular weight excluding hydrogens is 208 g/mol. The smallest absolute Gasteiger partial charge is 0.231 e. The molecule has 2 rings (SSSR count). The second-order valence-corrected chi connectivity index (χ2v) is 3.80. The lowest BCUT2D eigenvalue weighted by atomic mass is 9.99. The summed E-state index contributed by atoms with van der Waals surface area (Å²) in [5.74, 6) is 1.11. The van der Waals surface area contributed by atoms with Gasteiger partial charge in [0, 0.05) is 12.0 Å². The Balaban J connectivity index is 2.48. The molecule has 0 saturated carbocycles. The lowest BCUT2D eigenvalue weighted by Crippen LogP contribution is -2.04. The maximum Gasteiger partial charge on any atom is 0.231 e. The van der Waals surface area contributed by atoms with E-state index in [1.807, 2.05) is 0 Å². The second-order valence-electron chi connectivity index (χ2n) is 3.80. The van der Waals surface area contributed by atoms with Crippen LogP contribution in [-0.4, -0.2) is 18.4 Å². The Morgan fingerprint density at radius 2 is 1.81 bits per heavy atom. The van der Waals surface area contributed by atoms with E-state index in [-0.39, 0.29) is 24.8 Å². The van der Waals surface area contributed by atoms with Crippen LogP contribution in [0, 0.1) is 0 Å². The predicted molar refractivity (Wildman–Crippen MR) is 57.0 cm³/mol. The Morgan fingerprint density at radius 3 is 2.38 bits per heavy atom. The van der Waals surface area contributed by atoms with Crippen molar-refractivity contribution in [3.05, 3.63) is 23.3 Å². The van der Waals surface area contributed by atoms with Crippen LogP contribution in [0.2, 0.25) is 0 Å². The molecule has 84 valence electrons. The first-order chi connectivity index (χ1) is 7.58. The Hall–Kier alpha value is -1.84. The van der Waals surface area contributed by atoms with Crippen LogP contribution in [0.3, 0.4) is 0 Å². The summed E-state index contributed by atoms with van der Waals surface area (Å²) in [6, 6.07) is 3.35. The van der Waals surface area contributed by atoms with Crippen LogP contribution < -0.4 is 9.47 Å². The molecule has 0 N–H and O–H groups in total. The Labute approximate surface area is 93.2 Å². The maximum absolute atomic E-state index is 11.4. The molecule has 0 unspecified atom stereocenters. The molecule has 0 amide bonds. The molecule has 1 heterocycles. The summed E-state index contributed by atoms with van der Waals surface area (Å²) in [7, 11) is 0. The normalized spacial score (nSPS) is 12.6. The molecule has 1 aromatic carbocycles. The van der Waals surface area contributed by atoms with Gasteiger partial charge in [-0.1, -0.05) is 0 Å². The van der Waals surface area contributed by atoms with E-state index < -0.39 is 0 Å². The monoisotopic (exact) mass is 220 g/mol. The minimum absolute atomic E-state index is 0.0152. The third kappa shape index (κ3) is 1.91. The zero-order valence-electron chi connectivity index (χ0n) is 9.20. The van der Waals surface area contributed by atoms with Gasteiger partial charge in [0.2, 0.25) is 6.79 Å². The van der Waals surface area contributed by atoms with Crippen molar-refractivity contribution in [2.75, 3.05) is 6.79 Å². The van der Waals surface area contributed by atoms with Gasteiger partial charge in [-0.2, -0.15) is 0 Å². The molecule has 0 radical (unpaired) electrons. The molecule has 1 aromatic rings. The van der Waals surface area contributed by atoms with Gasteiger partial charge in [0.05, 0.1) is 0 Å². The highest BCUT2D eigenvalue weighted by Gasteiger charge is 2.19. The number of hydrogen-bond donors (Lipinski definition) is 0. The van der Waals surface area contributed by atoms with Gasteiger partial charge in [0.15, 0.2) is 17.3 Å². The molecule has 0 aromatic heterocycles. The van der Waals surface area contributed by atoms with Gasteiger partial charge in [-0.25, -0.2) is 0 Å². The summed E-state index contributed by atoms with van der Waals surface area (Å²) >= 11 is 0. The summed E-state index contributed by atoms with van der Waals surface area (Å²) in [6.45, 7) is 3.13. The number of carbonyl (C=O) groups is 2. The SMILES string of the molecule is CC(=O)Cc1cc2c(cc1C(C)=O)OCO2. The lowest BCUT2D eigenvalue weighted by Gasteiger charge is -2.06. The number of ketones is 2. The van der Waals surface area contributed by atoms with Crippen molar-refractivity contribution in [2.24, 2.45) is 0 Å². The first-order valence-electron chi connectivity index (χ1n) is 5.01. The van der Waals surface area contributed by atoms with E-state index in [2.05, 4.69) is 0 Å². The van der Waals surface area contributed by atoms with E-state index >= 15 is 0 Å². The topological polar surface area (TPSA) is 52.6 Å². The highest BCUT2D eigenvalue weighted by molar-refractivity contribution is 5.97. The predicted octanol–water partition coefficient (Wildman–Crippen LogP) is 1.75. The molecule has 1 aliphatic rings. The van der Waals surface area contributed by atoms with Gasteiger partial charge < -0.3 is 9.47 Å². The summed E-state index contributed by atoms with van der Waals surface area (Å²) in [5.41, 5.74) is 1.23. The van der Waals surface area contributed by atoms with Gasteiger partial charge >= 0.3 is 0 Å². The number of rotatable bonds is 3. The van der Waals surface area contributed by atoms with Crippen LogP contribution in [0.5, 0.6) is 11.5 Å². The van der Waals surface area contributed by atoms with Crippen LogP contribution in [-0.2, 0) is 11.2 Å². The van der Waals surface area contributed by atoms with Crippen molar-refractivity contribution >= 4 is 11.6 Å². The standard InChI is InChI=1S/C12H12O4/c1-7(13)3-9-4-11-12(16-6-15-11)5-10(9)8(2)14/h4-5H,3,6H2,1-2H3. The van der Waals surface area contributed by atoms with Crippen LogP contribution in [0.4, 0.5) is 0 Å². The van der Waals surface area contributed by atoms with Crippen molar-refractivity contribution in [1.82, 2.24) is 0 Å². The number of benzene rings is 1. The largest absolute Gasteiger partial charge is 0.454 e. The number of ether oxygens (including phenoxy) is 2. The first-order valence-corrected chi connectivity index (χ1v) is 5.01. The molecule has 0 aliphatic carbocycles. The average molecular weight is 220 g/mol. The molecule has 0 saturated heterocycles. The van der Waals surface area contributed by atoms with Crippen LogP contribution in [0.15, 0.2) is 12.1 Å². The molecule has 4 nitrogen and oxygen atoms in total. The average Bonchev–Trinajstić information content (AvgIpc) is 2.62. The van der Waals surface area contributed by atoms with E-state index in [4.69, 9.17) is 9.47 Å². The molecule has 1 aliphatic heterocycles. The second kappa shape index (κ2) is 3.96. The zero-order valence-corrected chi connectivity index (χ0v) is 9.20. The fourth-order valence-electron chi connectivity index (χ4n) is 1.73. The third-order valence-electron chi connectivity index (χ3n) is 2.42. The van der Waals surface area contributed by atoms with Crippen molar-refractivity contribution in [3.8, 4) is 11.5 Å². The van der Waals surface area contributed by atoms with E-state index in [1.165, 1.54) is 13.8 Å². The Morgan fingerprint density at radius 1 is 1.19 bits per heavy atom. The number of fused-ring (bicyclic) bond motifs is 1. The highest BCUT2D eigenvalue weighted by Crippen LogP contribution is 2.35. The fourth-order valence-corrected chi connectivity index (χ4v) is 1.73. The summed E-state index contributed by atoms with van der Waals surface area (Å²) in [6.07, 6.45) is 0.242. The van der Waals surface area contributed by atoms with Gasteiger partial charge in [0.1, 0.15) is 5.78 Å². The van der Waals surface area contributed by atoms with Crippen molar-refractivity contribution in [2.45, 2.75) is 20.3 Å². The van der Waals surface area contributed by atoms with E-state index in [1.54, 1.807) is 12.1 Å². The van der Waals surface area contributed by atoms with Crippen LogP contribution >= 0.6 is 0 Å². The van der Waals surface area contributed by atoms with Gasteiger partial charge in [-0.05, 0) is 31.5 Å². The zero-order chi connectivity index (χ0) is 11.7. The Bertz CT molecular complexity index is 462. The quantitative estimate of drug-likeness (QED) is 0.728. The van der Waals surface area contributed by atoms with E-state index in [0.29, 0.717) is 22.6 Å². The number of carbonyl (C=O) groups excluding carboxylic acids is 2. The van der Waals surface area contributed by atoms with Crippen molar-refractivity contribution in [3.63, 3.8) is 0 Å². The number of Topliss-reactive ketones (excluding diaryl/α,β-unsaturated/α-hetero) is 2. The first kappa shape index (κ1) is 10.7. The fraction of sp³-hybridized carbons (Fsp3) is 0.333. The van der Waals surface area contributed by atoms with Crippen LogP contribution in [0.1, 0.15) is 29.8 Å². The van der Waals surface area contributed by atoms with E-state index in [0.717, 1.165) is 0 Å². The van der Waals surface area contributed by atoms with Gasteiger partial charge in [-0.15, -0.1) is 0 Å². The molecule has 0 atom stereocenters. The molecule has 0 bridgehead atoms. The van der Waals surface area contributed by atoms with Crippen molar-refractivity contribution < 1.29 is 19.1 Å². The van der Waals surface area contributed by atoms with Gasteiger partial charge in [0.25, 0.3) is 0 Å². The van der Waals surface area contributed by atoms with Crippen molar-refractivity contribution in [1.29, 1.82) is 0 Å². The minimum Gasteiger partial charge on any atom is -0.454 e. The molecule has 0 fully saturated rings. The molecule has 16 heavy (non-hydrogen) atoms. The van der Waals surface area contributed by atoms with Crippen LogP contribution in [0.25, 0.3) is 0 Å². The molecular formula is C12H12O4. The summed E-state index contributed by atoms with van der Waals surface area (Å²) < 4.78 is 10.4. The maximum atomic E-state index is 11.4. The lowest BCUT2D eigenvalue weighted by molar-refractivity contribution is -0.116. The van der Waals surface area contributed by atoms with E-state index in [9.17, 15) is 9.59 Å². The molecule has 4 heteroatoms. The van der Waals surface area contributed by atoms with Gasteiger partial charge in [-0.3, -0.25) is 9.59 Å². The number of hydrogen-bond acceptors (Lipinski definition) is 4. The highest BCUT2D eigenvalue weighted by atomic mass is 16.7. The minimum atomic E-state index is -0.0745. The summed E-state index contributed by atoms with van der Waals surface area (Å²) in [5, 5.41) is 0.